The third-order valence-corrected chi connectivity index (χ3v) is 5.60. The van der Waals surface area contributed by atoms with Crippen molar-refractivity contribution in [3.8, 4) is 0 Å². The Labute approximate surface area is 146 Å². The molecule has 1 fully saturated rings. The average Bonchev–Trinajstić information content (AvgIpc) is 3.28. The summed E-state index contributed by atoms with van der Waals surface area (Å²) in [6, 6.07) is 4.40. The lowest BCUT2D eigenvalue weighted by Crippen LogP contribution is -2.53. The zero-order valence-corrected chi connectivity index (χ0v) is 14.9. The van der Waals surface area contributed by atoms with Crippen LogP contribution in [0.1, 0.15) is 31.1 Å². The molecule has 0 aromatic carbocycles. The minimum absolute atomic E-state index is 0.109. The first-order valence-corrected chi connectivity index (χ1v) is 9.50. The lowest BCUT2D eigenvalue weighted by atomic mass is 9.99. The minimum atomic E-state index is -0.109. The summed E-state index contributed by atoms with van der Waals surface area (Å²) in [5, 5.41) is 9.37. The average molecular weight is 347 g/mol. The fourth-order valence-electron chi connectivity index (χ4n) is 3.33. The van der Waals surface area contributed by atoms with Crippen molar-refractivity contribution in [1.29, 1.82) is 0 Å². The Balaban J connectivity index is 1.52. The number of amides is 1. The van der Waals surface area contributed by atoms with Crippen molar-refractivity contribution in [1.82, 2.24) is 25.0 Å². The standard InChI is InChI=1S/C17H25N5OS/c1-14(17(23)19-8-7-16-6-4-10-24-16)22-9-3-2-5-15(22)11-21-13-18-12-20-21/h4,6,10,12-15H,2-3,5,7-9,11H2,1H3,(H,19,23)/t14-,15-/m0/s1. The van der Waals surface area contributed by atoms with Gasteiger partial charge in [0.1, 0.15) is 12.7 Å². The van der Waals surface area contributed by atoms with Gasteiger partial charge in [-0.05, 0) is 44.2 Å². The van der Waals surface area contributed by atoms with Gasteiger partial charge in [-0.2, -0.15) is 5.10 Å². The van der Waals surface area contributed by atoms with Crippen molar-refractivity contribution in [2.75, 3.05) is 13.1 Å². The van der Waals surface area contributed by atoms with E-state index in [2.05, 4.69) is 31.7 Å². The normalized spacial score (nSPS) is 20.0. The van der Waals surface area contributed by atoms with Crippen molar-refractivity contribution in [3.63, 3.8) is 0 Å². The number of thiophene rings is 1. The Morgan fingerprint density at radius 3 is 3.17 bits per heavy atom. The number of nitrogens with one attached hydrogen (secondary N) is 1. The molecule has 1 amide bonds. The lowest BCUT2D eigenvalue weighted by Gasteiger charge is -2.39. The van der Waals surface area contributed by atoms with Gasteiger partial charge in [-0.1, -0.05) is 12.5 Å². The molecular weight excluding hydrogens is 322 g/mol. The van der Waals surface area contributed by atoms with Crippen molar-refractivity contribution in [2.24, 2.45) is 0 Å². The molecule has 2 aromatic heterocycles. The SMILES string of the molecule is C[C@@H](C(=O)NCCc1cccs1)N1CCCC[C@H]1Cn1cncn1. The van der Waals surface area contributed by atoms with Crippen molar-refractivity contribution in [3.05, 3.63) is 35.0 Å². The second-order valence-corrected chi connectivity index (χ2v) is 7.33. The van der Waals surface area contributed by atoms with E-state index < -0.39 is 0 Å². The second-order valence-electron chi connectivity index (χ2n) is 6.30. The number of carbonyl (C=O) groups excluding carboxylic acids is 1. The molecule has 0 unspecified atom stereocenters. The maximum absolute atomic E-state index is 12.5. The molecule has 3 heterocycles. The fraction of sp³-hybridized carbons (Fsp3) is 0.588. The summed E-state index contributed by atoms with van der Waals surface area (Å²) in [4.78, 5) is 20.2. The topological polar surface area (TPSA) is 63.1 Å². The molecule has 2 aromatic rings. The molecule has 3 rings (SSSR count). The minimum Gasteiger partial charge on any atom is -0.354 e. The molecular formula is C17H25N5OS. The molecule has 24 heavy (non-hydrogen) atoms. The molecule has 0 aliphatic carbocycles. The van der Waals surface area contributed by atoms with Gasteiger partial charge < -0.3 is 5.32 Å². The number of hydrogen-bond acceptors (Lipinski definition) is 5. The van der Waals surface area contributed by atoms with Crippen LogP contribution in [-0.4, -0.2) is 50.7 Å². The van der Waals surface area contributed by atoms with E-state index in [0.717, 1.165) is 32.4 Å². The Morgan fingerprint density at radius 2 is 2.42 bits per heavy atom. The van der Waals surface area contributed by atoms with Crippen LogP contribution in [0.25, 0.3) is 0 Å². The summed E-state index contributed by atoms with van der Waals surface area (Å²) in [6.07, 6.45) is 7.68. The number of piperidine rings is 1. The van der Waals surface area contributed by atoms with Crippen LogP contribution in [0.3, 0.4) is 0 Å². The number of aromatic nitrogens is 3. The van der Waals surface area contributed by atoms with Crippen molar-refractivity contribution >= 4 is 17.2 Å². The van der Waals surface area contributed by atoms with E-state index in [4.69, 9.17) is 0 Å². The molecule has 0 saturated carbocycles. The third kappa shape index (κ3) is 4.42. The van der Waals surface area contributed by atoms with Gasteiger partial charge in [0.15, 0.2) is 0 Å². The molecule has 1 N–H and O–H groups in total. The molecule has 0 bridgehead atoms. The van der Waals surface area contributed by atoms with Crippen LogP contribution in [0.5, 0.6) is 0 Å². The van der Waals surface area contributed by atoms with E-state index in [0.29, 0.717) is 12.6 Å². The van der Waals surface area contributed by atoms with Gasteiger partial charge in [0.05, 0.1) is 12.6 Å². The Morgan fingerprint density at radius 1 is 1.50 bits per heavy atom. The first kappa shape index (κ1) is 17.1. The van der Waals surface area contributed by atoms with Gasteiger partial charge in [0.25, 0.3) is 0 Å². The highest BCUT2D eigenvalue weighted by Crippen LogP contribution is 2.21. The molecule has 130 valence electrons. The van der Waals surface area contributed by atoms with Crippen LogP contribution >= 0.6 is 11.3 Å². The zero-order chi connectivity index (χ0) is 16.8. The number of carbonyl (C=O) groups is 1. The van der Waals surface area contributed by atoms with Gasteiger partial charge in [-0.3, -0.25) is 14.4 Å². The molecule has 2 atom stereocenters. The number of likely N-dealkylation sites (tertiary alicyclic amines) is 1. The highest BCUT2D eigenvalue weighted by Gasteiger charge is 2.30. The number of hydrogen-bond donors (Lipinski definition) is 1. The monoisotopic (exact) mass is 347 g/mol. The Hall–Kier alpha value is -1.73. The molecule has 1 saturated heterocycles. The van der Waals surface area contributed by atoms with E-state index in [-0.39, 0.29) is 11.9 Å². The van der Waals surface area contributed by atoms with Gasteiger partial charge in [-0.25, -0.2) is 4.98 Å². The highest BCUT2D eigenvalue weighted by molar-refractivity contribution is 7.09. The second kappa shape index (κ2) is 8.39. The van der Waals surface area contributed by atoms with Gasteiger partial charge in [-0.15, -0.1) is 11.3 Å². The summed E-state index contributed by atoms with van der Waals surface area (Å²) in [7, 11) is 0. The molecule has 1 aliphatic rings. The van der Waals surface area contributed by atoms with Crippen LogP contribution < -0.4 is 5.32 Å². The highest BCUT2D eigenvalue weighted by atomic mass is 32.1. The van der Waals surface area contributed by atoms with Gasteiger partial charge in [0, 0.05) is 17.5 Å². The fourth-order valence-corrected chi connectivity index (χ4v) is 4.04. The predicted molar refractivity (Wildman–Crippen MR) is 94.9 cm³/mol. The zero-order valence-electron chi connectivity index (χ0n) is 14.1. The van der Waals surface area contributed by atoms with Crippen LogP contribution in [0, 0.1) is 0 Å². The molecule has 7 heteroatoms. The van der Waals surface area contributed by atoms with Crippen LogP contribution in [0.4, 0.5) is 0 Å². The number of nitrogens with zero attached hydrogens (tertiary/aromatic N) is 4. The maximum Gasteiger partial charge on any atom is 0.237 e. The van der Waals surface area contributed by atoms with E-state index >= 15 is 0 Å². The number of rotatable bonds is 7. The van der Waals surface area contributed by atoms with Gasteiger partial charge in [0.2, 0.25) is 5.91 Å². The van der Waals surface area contributed by atoms with E-state index in [1.54, 1.807) is 24.0 Å². The summed E-state index contributed by atoms with van der Waals surface area (Å²) < 4.78 is 1.87. The van der Waals surface area contributed by atoms with Crippen LogP contribution in [0.15, 0.2) is 30.2 Å². The molecule has 1 aliphatic heterocycles. The molecule has 0 spiro atoms. The van der Waals surface area contributed by atoms with E-state index in [9.17, 15) is 4.79 Å². The quantitative estimate of drug-likeness (QED) is 0.831. The Kier molecular flexibility index (Phi) is 5.98. The smallest absolute Gasteiger partial charge is 0.237 e. The van der Waals surface area contributed by atoms with Gasteiger partial charge >= 0.3 is 0 Å². The lowest BCUT2D eigenvalue weighted by molar-refractivity contribution is -0.127. The first-order valence-electron chi connectivity index (χ1n) is 8.62. The summed E-state index contributed by atoms with van der Waals surface area (Å²) in [6.45, 7) is 4.48. The molecule has 0 radical (unpaired) electrons. The first-order chi connectivity index (χ1) is 11.7. The maximum atomic E-state index is 12.5. The summed E-state index contributed by atoms with van der Waals surface area (Å²) >= 11 is 1.74. The van der Waals surface area contributed by atoms with Crippen molar-refractivity contribution in [2.45, 2.75) is 51.2 Å². The third-order valence-electron chi connectivity index (χ3n) is 4.66. The predicted octanol–water partition coefficient (Wildman–Crippen LogP) is 1.94. The Bertz CT molecular complexity index is 613. The van der Waals surface area contributed by atoms with E-state index in [1.165, 1.54) is 11.3 Å². The summed E-state index contributed by atoms with van der Waals surface area (Å²) in [5.41, 5.74) is 0. The van der Waals surface area contributed by atoms with Crippen molar-refractivity contribution < 1.29 is 4.79 Å². The van der Waals surface area contributed by atoms with E-state index in [1.807, 2.05) is 17.7 Å². The van der Waals surface area contributed by atoms with Crippen LogP contribution in [0.2, 0.25) is 0 Å². The van der Waals surface area contributed by atoms with Crippen LogP contribution in [-0.2, 0) is 17.8 Å². The summed E-state index contributed by atoms with van der Waals surface area (Å²) in [5.74, 6) is 0.122. The largest absolute Gasteiger partial charge is 0.354 e. The molecule has 6 nitrogen and oxygen atoms in total.